The normalized spacial score (nSPS) is 19.6. The summed E-state index contributed by atoms with van der Waals surface area (Å²) >= 11 is 0. The van der Waals surface area contributed by atoms with Crippen molar-refractivity contribution in [1.82, 2.24) is 15.6 Å². The standard InChI is InChI=1S/C15H23N3O/c1-3-9-17-15(19)11(2)18-13-8-4-6-12-7-5-10-16-14(12)13/h5,7,10-11,13,18H,3-4,6,8-9H2,1-2H3,(H,17,19). The Kier molecular flexibility index (Phi) is 4.91. The number of carbonyl (C=O) groups excluding carboxylic acids is 1. The summed E-state index contributed by atoms with van der Waals surface area (Å²) in [6.45, 7) is 4.71. The van der Waals surface area contributed by atoms with Gasteiger partial charge in [0.05, 0.1) is 17.8 Å². The van der Waals surface area contributed by atoms with Crippen LogP contribution in [-0.2, 0) is 11.2 Å². The molecule has 0 spiro atoms. The summed E-state index contributed by atoms with van der Waals surface area (Å²) in [6.07, 6.45) is 6.10. The molecule has 1 aliphatic carbocycles. The summed E-state index contributed by atoms with van der Waals surface area (Å²) in [7, 11) is 0. The molecule has 0 radical (unpaired) electrons. The average Bonchev–Trinajstić information content (AvgIpc) is 2.45. The van der Waals surface area contributed by atoms with Gasteiger partial charge in [-0.3, -0.25) is 15.1 Å². The zero-order valence-corrected chi connectivity index (χ0v) is 11.8. The van der Waals surface area contributed by atoms with Gasteiger partial charge >= 0.3 is 0 Å². The molecule has 4 heteroatoms. The van der Waals surface area contributed by atoms with Crippen LogP contribution in [0.2, 0.25) is 0 Å². The highest BCUT2D eigenvalue weighted by atomic mass is 16.2. The molecule has 0 saturated carbocycles. The number of hydrogen-bond donors (Lipinski definition) is 2. The lowest BCUT2D eigenvalue weighted by atomic mass is 9.91. The first-order valence-electron chi connectivity index (χ1n) is 7.20. The van der Waals surface area contributed by atoms with E-state index in [1.165, 1.54) is 5.56 Å². The number of nitrogens with zero attached hydrogens (tertiary/aromatic N) is 1. The van der Waals surface area contributed by atoms with Crippen molar-refractivity contribution < 1.29 is 4.79 Å². The molecule has 0 aliphatic heterocycles. The van der Waals surface area contributed by atoms with E-state index >= 15 is 0 Å². The SMILES string of the molecule is CCCNC(=O)C(C)NC1CCCc2cccnc21. The van der Waals surface area contributed by atoms with E-state index in [1.807, 2.05) is 19.2 Å². The molecule has 0 aromatic carbocycles. The second kappa shape index (κ2) is 6.66. The quantitative estimate of drug-likeness (QED) is 0.852. The molecule has 2 unspecified atom stereocenters. The number of hydrogen-bond acceptors (Lipinski definition) is 3. The zero-order valence-electron chi connectivity index (χ0n) is 11.8. The lowest BCUT2D eigenvalue weighted by molar-refractivity contribution is -0.123. The van der Waals surface area contributed by atoms with Crippen LogP contribution >= 0.6 is 0 Å². The van der Waals surface area contributed by atoms with Gasteiger partial charge in [-0.15, -0.1) is 0 Å². The highest BCUT2D eigenvalue weighted by Gasteiger charge is 2.24. The summed E-state index contributed by atoms with van der Waals surface area (Å²) in [5.74, 6) is 0.0740. The molecule has 1 aliphatic rings. The minimum Gasteiger partial charge on any atom is -0.355 e. The molecule has 2 rings (SSSR count). The van der Waals surface area contributed by atoms with Crippen LogP contribution in [0.5, 0.6) is 0 Å². The van der Waals surface area contributed by atoms with Crippen molar-refractivity contribution in [3.05, 3.63) is 29.6 Å². The van der Waals surface area contributed by atoms with Crippen molar-refractivity contribution in [3.8, 4) is 0 Å². The highest BCUT2D eigenvalue weighted by Crippen LogP contribution is 2.27. The fourth-order valence-electron chi connectivity index (χ4n) is 2.55. The maximum absolute atomic E-state index is 11.9. The Hall–Kier alpha value is -1.42. The Labute approximate surface area is 115 Å². The van der Waals surface area contributed by atoms with E-state index in [4.69, 9.17) is 0 Å². The number of aromatic nitrogens is 1. The Bertz CT molecular complexity index is 433. The second-order valence-electron chi connectivity index (χ2n) is 5.17. The van der Waals surface area contributed by atoms with Gasteiger partial charge < -0.3 is 5.32 Å². The van der Waals surface area contributed by atoms with Crippen LogP contribution in [0.25, 0.3) is 0 Å². The fraction of sp³-hybridized carbons (Fsp3) is 0.600. The first-order chi connectivity index (χ1) is 9.22. The number of amides is 1. The molecular formula is C15H23N3O. The molecule has 1 amide bonds. The fourth-order valence-corrected chi connectivity index (χ4v) is 2.55. The summed E-state index contributed by atoms with van der Waals surface area (Å²) in [5.41, 5.74) is 2.43. The molecule has 1 aromatic heterocycles. The number of aryl methyl sites for hydroxylation is 1. The molecule has 4 nitrogen and oxygen atoms in total. The minimum atomic E-state index is -0.176. The lowest BCUT2D eigenvalue weighted by Crippen LogP contribution is -2.44. The van der Waals surface area contributed by atoms with Crippen LogP contribution in [-0.4, -0.2) is 23.5 Å². The number of nitrogens with one attached hydrogen (secondary N) is 2. The topological polar surface area (TPSA) is 54.0 Å². The molecule has 2 N–H and O–H groups in total. The molecule has 2 atom stereocenters. The summed E-state index contributed by atoms with van der Waals surface area (Å²) in [4.78, 5) is 16.4. The second-order valence-corrected chi connectivity index (χ2v) is 5.17. The van der Waals surface area contributed by atoms with Gasteiger partial charge in [0.2, 0.25) is 5.91 Å². The average molecular weight is 261 g/mol. The molecule has 1 aromatic rings. The largest absolute Gasteiger partial charge is 0.355 e. The van der Waals surface area contributed by atoms with Crippen molar-refractivity contribution in [2.45, 2.75) is 51.6 Å². The molecular weight excluding hydrogens is 238 g/mol. The van der Waals surface area contributed by atoms with Crippen LogP contribution in [0.3, 0.4) is 0 Å². The maximum Gasteiger partial charge on any atom is 0.236 e. The van der Waals surface area contributed by atoms with Crippen molar-refractivity contribution in [2.24, 2.45) is 0 Å². The van der Waals surface area contributed by atoms with Gasteiger partial charge in [0, 0.05) is 12.7 Å². The Morgan fingerprint density at radius 3 is 3.21 bits per heavy atom. The number of carbonyl (C=O) groups is 1. The van der Waals surface area contributed by atoms with Gasteiger partial charge in [-0.05, 0) is 44.2 Å². The first kappa shape index (κ1) is 14.0. The molecule has 0 saturated heterocycles. The number of fused-ring (bicyclic) bond motifs is 1. The van der Waals surface area contributed by atoms with Crippen LogP contribution in [0.1, 0.15) is 50.4 Å². The van der Waals surface area contributed by atoms with E-state index in [0.29, 0.717) is 0 Å². The van der Waals surface area contributed by atoms with Crippen molar-refractivity contribution in [3.63, 3.8) is 0 Å². The van der Waals surface area contributed by atoms with Gasteiger partial charge in [0.1, 0.15) is 0 Å². The lowest BCUT2D eigenvalue weighted by Gasteiger charge is -2.27. The van der Waals surface area contributed by atoms with E-state index < -0.39 is 0 Å². The Morgan fingerprint density at radius 1 is 1.58 bits per heavy atom. The van der Waals surface area contributed by atoms with Gasteiger partial charge in [-0.2, -0.15) is 0 Å². The van der Waals surface area contributed by atoms with Crippen LogP contribution in [0.4, 0.5) is 0 Å². The van der Waals surface area contributed by atoms with E-state index in [-0.39, 0.29) is 18.0 Å². The number of pyridine rings is 1. The van der Waals surface area contributed by atoms with Gasteiger partial charge in [-0.1, -0.05) is 13.0 Å². The van der Waals surface area contributed by atoms with Crippen molar-refractivity contribution >= 4 is 5.91 Å². The highest BCUT2D eigenvalue weighted by molar-refractivity contribution is 5.81. The van der Waals surface area contributed by atoms with E-state index in [9.17, 15) is 4.79 Å². The summed E-state index contributed by atoms with van der Waals surface area (Å²) < 4.78 is 0. The van der Waals surface area contributed by atoms with Gasteiger partial charge in [-0.25, -0.2) is 0 Å². The third kappa shape index (κ3) is 3.53. The predicted octanol–water partition coefficient (Wildman–Crippen LogP) is 1.96. The molecule has 104 valence electrons. The van der Waals surface area contributed by atoms with Gasteiger partial charge in [0.15, 0.2) is 0 Å². The molecule has 0 fully saturated rings. The zero-order chi connectivity index (χ0) is 13.7. The van der Waals surface area contributed by atoms with Crippen LogP contribution in [0, 0.1) is 0 Å². The first-order valence-corrected chi connectivity index (χ1v) is 7.20. The van der Waals surface area contributed by atoms with E-state index in [1.54, 1.807) is 0 Å². The predicted molar refractivity (Wildman–Crippen MR) is 75.8 cm³/mol. The summed E-state index contributed by atoms with van der Waals surface area (Å²) in [6, 6.07) is 4.15. The van der Waals surface area contributed by atoms with E-state index in [0.717, 1.165) is 37.9 Å². The third-order valence-corrected chi connectivity index (χ3v) is 3.59. The van der Waals surface area contributed by atoms with Crippen LogP contribution in [0.15, 0.2) is 18.3 Å². The number of rotatable bonds is 5. The Balaban J connectivity index is 1.98. The molecule has 0 bridgehead atoms. The smallest absolute Gasteiger partial charge is 0.236 e. The summed E-state index contributed by atoms with van der Waals surface area (Å²) in [5, 5.41) is 6.33. The van der Waals surface area contributed by atoms with Gasteiger partial charge in [0.25, 0.3) is 0 Å². The van der Waals surface area contributed by atoms with Crippen molar-refractivity contribution in [2.75, 3.05) is 6.54 Å². The Morgan fingerprint density at radius 2 is 2.42 bits per heavy atom. The maximum atomic E-state index is 11.9. The molecule has 19 heavy (non-hydrogen) atoms. The molecule has 1 heterocycles. The van der Waals surface area contributed by atoms with Crippen LogP contribution < -0.4 is 10.6 Å². The monoisotopic (exact) mass is 261 g/mol. The minimum absolute atomic E-state index is 0.0740. The van der Waals surface area contributed by atoms with Crippen molar-refractivity contribution in [1.29, 1.82) is 0 Å². The third-order valence-electron chi connectivity index (χ3n) is 3.59. The van der Waals surface area contributed by atoms with E-state index in [2.05, 4.69) is 28.6 Å².